The third-order valence-electron chi connectivity index (χ3n) is 4.37. The topological polar surface area (TPSA) is 70.8 Å². The van der Waals surface area contributed by atoms with E-state index in [0.717, 1.165) is 5.56 Å². The fourth-order valence-electron chi connectivity index (χ4n) is 2.71. The summed E-state index contributed by atoms with van der Waals surface area (Å²) >= 11 is 0. The number of likely N-dealkylation sites (N-methyl/N-ethyl adjacent to an activating group) is 1. The zero-order chi connectivity index (χ0) is 18.0. The number of benzene rings is 2. The molecule has 0 bridgehead atoms. The standard InChI is InChI=1S/C20H19NO4/c1-13(19(23)14-8-4-3-5-9-14)21(2)20(24)18-12-16(22)15-10-6-7-11-17(15)25-18/h3-13,19,23H,1-2H3. The predicted octanol–water partition coefficient (Wildman–Crippen LogP) is 2.99. The quantitative estimate of drug-likeness (QED) is 0.794. The average Bonchev–Trinajstić information content (AvgIpc) is 2.66. The van der Waals surface area contributed by atoms with Crippen molar-refractivity contribution in [3.8, 4) is 0 Å². The number of rotatable bonds is 4. The van der Waals surface area contributed by atoms with Gasteiger partial charge in [-0.2, -0.15) is 0 Å². The van der Waals surface area contributed by atoms with Gasteiger partial charge in [0.1, 0.15) is 5.58 Å². The molecule has 0 aliphatic carbocycles. The number of para-hydroxylation sites is 1. The zero-order valence-corrected chi connectivity index (χ0v) is 14.0. The van der Waals surface area contributed by atoms with Crippen molar-refractivity contribution in [1.82, 2.24) is 4.90 Å². The molecule has 0 saturated heterocycles. The Hall–Kier alpha value is -2.92. The van der Waals surface area contributed by atoms with Gasteiger partial charge in [-0.1, -0.05) is 42.5 Å². The Bertz CT molecular complexity index is 949. The SMILES string of the molecule is CC(C(O)c1ccccc1)N(C)C(=O)c1cc(=O)c2ccccc2o1. The minimum atomic E-state index is -0.845. The molecule has 3 aromatic rings. The second-order valence-corrected chi connectivity index (χ2v) is 5.98. The summed E-state index contributed by atoms with van der Waals surface area (Å²) in [4.78, 5) is 26.3. The third-order valence-corrected chi connectivity index (χ3v) is 4.37. The molecule has 0 aliphatic rings. The molecule has 1 heterocycles. The van der Waals surface area contributed by atoms with E-state index < -0.39 is 18.1 Å². The number of aliphatic hydroxyl groups excluding tert-OH is 1. The van der Waals surface area contributed by atoms with Gasteiger partial charge in [-0.15, -0.1) is 0 Å². The van der Waals surface area contributed by atoms with Crippen molar-refractivity contribution in [2.24, 2.45) is 0 Å². The minimum absolute atomic E-state index is 0.0432. The lowest BCUT2D eigenvalue weighted by atomic mass is 10.0. The van der Waals surface area contributed by atoms with Crippen molar-refractivity contribution in [3.63, 3.8) is 0 Å². The predicted molar refractivity (Wildman–Crippen MR) is 95.4 cm³/mol. The number of carbonyl (C=O) groups excluding carboxylic acids is 1. The Morgan fingerprint density at radius 2 is 1.72 bits per heavy atom. The van der Waals surface area contributed by atoms with E-state index in [0.29, 0.717) is 11.0 Å². The Kier molecular flexibility index (Phi) is 4.67. The van der Waals surface area contributed by atoms with Crippen molar-refractivity contribution in [1.29, 1.82) is 0 Å². The van der Waals surface area contributed by atoms with E-state index in [4.69, 9.17) is 4.42 Å². The van der Waals surface area contributed by atoms with E-state index in [1.165, 1.54) is 11.0 Å². The van der Waals surface area contributed by atoms with E-state index in [1.807, 2.05) is 18.2 Å². The molecule has 0 fully saturated rings. The largest absolute Gasteiger partial charge is 0.451 e. The Labute approximate surface area is 145 Å². The summed E-state index contributed by atoms with van der Waals surface area (Å²) in [5.41, 5.74) is 0.812. The summed E-state index contributed by atoms with van der Waals surface area (Å²) in [7, 11) is 1.58. The fourth-order valence-corrected chi connectivity index (χ4v) is 2.71. The first-order chi connectivity index (χ1) is 12.0. The lowest BCUT2D eigenvalue weighted by molar-refractivity contribution is 0.0462. The minimum Gasteiger partial charge on any atom is -0.451 e. The molecule has 1 aromatic heterocycles. The lowest BCUT2D eigenvalue weighted by Gasteiger charge is -2.28. The van der Waals surface area contributed by atoms with Crippen molar-refractivity contribution >= 4 is 16.9 Å². The Morgan fingerprint density at radius 3 is 2.44 bits per heavy atom. The van der Waals surface area contributed by atoms with Crippen molar-refractivity contribution in [2.45, 2.75) is 19.1 Å². The van der Waals surface area contributed by atoms with Gasteiger partial charge in [0.25, 0.3) is 5.91 Å². The van der Waals surface area contributed by atoms with Gasteiger partial charge >= 0.3 is 0 Å². The maximum Gasteiger partial charge on any atom is 0.289 e. The van der Waals surface area contributed by atoms with Crippen LogP contribution in [0.5, 0.6) is 0 Å². The molecule has 0 saturated carbocycles. The van der Waals surface area contributed by atoms with E-state index in [2.05, 4.69) is 0 Å². The molecular formula is C20H19NO4. The summed E-state index contributed by atoms with van der Waals surface area (Å²) < 4.78 is 5.59. The van der Waals surface area contributed by atoms with Crippen molar-refractivity contribution < 1.29 is 14.3 Å². The van der Waals surface area contributed by atoms with Crippen molar-refractivity contribution in [3.05, 3.63) is 82.2 Å². The number of hydrogen-bond acceptors (Lipinski definition) is 4. The van der Waals surface area contributed by atoms with Crippen molar-refractivity contribution in [2.75, 3.05) is 7.05 Å². The zero-order valence-electron chi connectivity index (χ0n) is 14.0. The van der Waals surface area contributed by atoms with Gasteiger partial charge < -0.3 is 14.4 Å². The first-order valence-electron chi connectivity index (χ1n) is 8.02. The molecular weight excluding hydrogens is 318 g/mol. The highest BCUT2D eigenvalue weighted by Gasteiger charge is 2.26. The van der Waals surface area contributed by atoms with Gasteiger partial charge in [-0.25, -0.2) is 0 Å². The summed E-state index contributed by atoms with van der Waals surface area (Å²) in [6, 6.07) is 16.6. The molecule has 2 unspecified atom stereocenters. The van der Waals surface area contributed by atoms with Crippen LogP contribution in [0.15, 0.2) is 69.9 Å². The van der Waals surface area contributed by atoms with Crippen LogP contribution in [0.3, 0.4) is 0 Å². The monoisotopic (exact) mass is 337 g/mol. The molecule has 2 aromatic carbocycles. The molecule has 2 atom stereocenters. The van der Waals surface area contributed by atoms with Gasteiger partial charge in [0, 0.05) is 13.1 Å². The number of amides is 1. The van der Waals surface area contributed by atoms with Crippen LogP contribution in [0, 0.1) is 0 Å². The number of hydrogen-bond donors (Lipinski definition) is 1. The van der Waals surface area contributed by atoms with Gasteiger partial charge in [0.2, 0.25) is 0 Å². The number of aliphatic hydroxyl groups is 1. The summed E-state index contributed by atoms with van der Waals surface area (Å²) in [5, 5.41) is 10.9. The van der Waals surface area contributed by atoms with Crippen LogP contribution in [0.25, 0.3) is 11.0 Å². The van der Waals surface area contributed by atoms with Gasteiger partial charge in [0.05, 0.1) is 17.5 Å². The van der Waals surface area contributed by atoms with E-state index in [9.17, 15) is 14.7 Å². The molecule has 1 amide bonds. The summed E-state index contributed by atoms with van der Waals surface area (Å²) in [5.74, 6) is -0.497. The fraction of sp³-hybridized carbons (Fsp3) is 0.200. The van der Waals surface area contributed by atoms with Crippen LogP contribution in [0.2, 0.25) is 0 Å². The first kappa shape index (κ1) is 16.9. The second-order valence-electron chi connectivity index (χ2n) is 5.98. The number of nitrogens with zero attached hydrogens (tertiary/aromatic N) is 1. The van der Waals surface area contributed by atoms with Crippen LogP contribution in [0.1, 0.15) is 29.1 Å². The van der Waals surface area contributed by atoms with E-state index in [-0.39, 0.29) is 11.2 Å². The maximum absolute atomic E-state index is 12.7. The normalized spacial score (nSPS) is 13.4. The Balaban J connectivity index is 1.88. The maximum atomic E-state index is 12.7. The van der Waals surface area contributed by atoms with Gasteiger partial charge in [-0.3, -0.25) is 9.59 Å². The molecule has 5 nitrogen and oxygen atoms in total. The smallest absolute Gasteiger partial charge is 0.289 e. The molecule has 25 heavy (non-hydrogen) atoms. The lowest BCUT2D eigenvalue weighted by Crippen LogP contribution is -2.39. The molecule has 0 spiro atoms. The molecule has 5 heteroatoms. The third kappa shape index (κ3) is 3.32. The van der Waals surface area contributed by atoms with Gasteiger partial charge in [0.15, 0.2) is 11.2 Å². The Morgan fingerprint density at radius 1 is 1.08 bits per heavy atom. The molecule has 0 radical (unpaired) electrons. The van der Waals surface area contributed by atoms with Crippen LogP contribution in [-0.4, -0.2) is 29.0 Å². The summed E-state index contributed by atoms with van der Waals surface area (Å²) in [6.45, 7) is 1.74. The van der Waals surface area contributed by atoms with E-state index in [1.54, 1.807) is 50.4 Å². The average molecular weight is 337 g/mol. The highest BCUT2D eigenvalue weighted by atomic mass is 16.3. The highest BCUT2D eigenvalue weighted by Crippen LogP contribution is 2.21. The molecule has 3 rings (SSSR count). The molecule has 0 aliphatic heterocycles. The van der Waals surface area contributed by atoms with E-state index >= 15 is 0 Å². The number of carbonyl (C=O) groups is 1. The number of fused-ring (bicyclic) bond motifs is 1. The van der Waals surface area contributed by atoms with Gasteiger partial charge in [-0.05, 0) is 24.6 Å². The van der Waals surface area contributed by atoms with Crippen LogP contribution in [-0.2, 0) is 0 Å². The second kappa shape index (κ2) is 6.91. The van der Waals surface area contributed by atoms with Crippen LogP contribution >= 0.6 is 0 Å². The molecule has 128 valence electrons. The van der Waals surface area contributed by atoms with Crippen LogP contribution < -0.4 is 5.43 Å². The molecule has 1 N–H and O–H groups in total. The first-order valence-corrected chi connectivity index (χ1v) is 8.02. The van der Waals surface area contributed by atoms with Crippen LogP contribution in [0.4, 0.5) is 0 Å². The summed E-state index contributed by atoms with van der Waals surface area (Å²) in [6.07, 6.45) is -0.845. The highest BCUT2D eigenvalue weighted by molar-refractivity contribution is 5.93.